The third-order valence-electron chi connectivity index (χ3n) is 6.99. The van der Waals surface area contributed by atoms with Crippen LogP contribution in [0.15, 0.2) is 24.3 Å². The Morgan fingerprint density at radius 3 is 3.11 bits per heavy atom. The van der Waals surface area contributed by atoms with E-state index in [1.807, 2.05) is 18.3 Å². The molecule has 2 aromatic rings. The predicted octanol–water partition coefficient (Wildman–Crippen LogP) is 3.72. The number of carbonyl (C=O) groups is 1. The van der Waals surface area contributed by atoms with Crippen molar-refractivity contribution in [1.29, 1.82) is 0 Å². The van der Waals surface area contributed by atoms with Crippen LogP contribution in [-0.2, 0) is 16.1 Å². The molecule has 5 rings (SSSR count). The molecule has 3 fully saturated rings. The van der Waals surface area contributed by atoms with Crippen molar-refractivity contribution in [3.63, 3.8) is 0 Å². The number of nitrogens with one attached hydrogen (secondary N) is 1. The minimum atomic E-state index is 0.0337. The lowest BCUT2D eigenvalue weighted by molar-refractivity contribution is -0.121. The Kier molecular flexibility index (Phi) is 4.30. The lowest BCUT2D eigenvalue weighted by Crippen LogP contribution is -2.41. The normalized spacial score (nSPS) is 32.3. The number of rotatable bonds is 5. The molecule has 1 spiro atoms. The molecule has 0 radical (unpaired) electrons. The van der Waals surface area contributed by atoms with E-state index in [4.69, 9.17) is 4.74 Å². The van der Waals surface area contributed by atoms with Crippen LogP contribution in [-0.4, -0.2) is 42.1 Å². The first-order chi connectivity index (χ1) is 13.1. The molecule has 1 aromatic heterocycles. The minimum Gasteiger partial charge on any atom is -0.370 e. The molecule has 3 aliphatic heterocycles. The summed E-state index contributed by atoms with van der Waals surface area (Å²) >= 11 is 1.91. The van der Waals surface area contributed by atoms with E-state index in [1.54, 1.807) is 0 Å². The van der Waals surface area contributed by atoms with Gasteiger partial charge >= 0.3 is 0 Å². The zero-order chi connectivity index (χ0) is 18.6. The number of likely N-dealkylation sites (tertiary alicyclic amines) is 1. The van der Waals surface area contributed by atoms with Crippen LogP contribution in [0.3, 0.4) is 0 Å². The number of ether oxygens (including phenoxy) is 1. The first-order valence-electron chi connectivity index (χ1n) is 10.2. The third kappa shape index (κ3) is 2.82. The zero-order valence-corrected chi connectivity index (χ0v) is 17.0. The summed E-state index contributed by atoms with van der Waals surface area (Å²) in [7, 11) is 0. The maximum Gasteiger partial charge on any atom is 0.219 e. The molecular weight excluding hydrogens is 356 g/mol. The molecule has 2 bridgehead atoms. The topological polar surface area (TPSA) is 41.6 Å². The van der Waals surface area contributed by atoms with Crippen molar-refractivity contribution in [2.75, 3.05) is 19.6 Å². The van der Waals surface area contributed by atoms with E-state index in [9.17, 15) is 4.79 Å². The van der Waals surface area contributed by atoms with E-state index in [-0.39, 0.29) is 11.5 Å². The van der Waals surface area contributed by atoms with E-state index in [2.05, 4.69) is 41.4 Å². The Hall–Kier alpha value is -1.43. The SMILES string of the molecule is CCC(=O)NC[C@H]1[C@H]2CN(Cc3c(C)sc4ccccc34)C[C@]23CC[C@H]1O3. The van der Waals surface area contributed by atoms with Crippen LogP contribution in [0.4, 0.5) is 0 Å². The van der Waals surface area contributed by atoms with Crippen LogP contribution in [0.25, 0.3) is 10.1 Å². The van der Waals surface area contributed by atoms with Crippen LogP contribution < -0.4 is 5.32 Å². The van der Waals surface area contributed by atoms with Crippen molar-refractivity contribution in [2.45, 2.75) is 51.4 Å². The molecule has 4 nitrogen and oxygen atoms in total. The highest BCUT2D eigenvalue weighted by atomic mass is 32.1. The Morgan fingerprint density at radius 2 is 2.26 bits per heavy atom. The van der Waals surface area contributed by atoms with E-state index < -0.39 is 0 Å². The van der Waals surface area contributed by atoms with Crippen LogP contribution in [0.5, 0.6) is 0 Å². The van der Waals surface area contributed by atoms with Gasteiger partial charge in [-0.2, -0.15) is 0 Å². The molecule has 144 valence electrons. The van der Waals surface area contributed by atoms with Crippen molar-refractivity contribution in [3.05, 3.63) is 34.7 Å². The summed E-state index contributed by atoms with van der Waals surface area (Å²) in [6, 6.07) is 8.76. The summed E-state index contributed by atoms with van der Waals surface area (Å²) in [6.45, 7) is 8.08. The molecule has 1 N–H and O–H groups in total. The first kappa shape index (κ1) is 17.7. The lowest BCUT2D eigenvalue weighted by Gasteiger charge is -2.29. The monoisotopic (exact) mass is 384 g/mol. The Morgan fingerprint density at radius 1 is 1.41 bits per heavy atom. The maximum absolute atomic E-state index is 11.7. The highest BCUT2D eigenvalue weighted by Gasteiger charge is 2.62. The Balaban J connectivity index is 1.34. The fraction of sp³-hybridized carbons (Fsp3) is 0.591. The van der Waals surface area contributed by atoms with Crippen LogP contribution in [0.1, 0.15) is 36.6 Å². The zero-order valence-electron chi connectivity index (χ0n) is 16.2. The lowest BCUT2D eigenvalue weighted by atomic mass is 9.73. The molecule has 4 atom stereocenters. The number of hydrogen-bond donors (Lipinski definition) is 1. The number of hydrogen-bond acceptors (Lipinski definition) is 4. The first-order valence-corrected chi connectivity index (χ1v) is 11.0. The highest BCUT2D eigenvalue weighted by molar-refractivity contribution is 7.19. The summed E-state index contributed by atoms with van der Waals surface area (Å²) in [6.07, 6.45) is 3.24. The van der Waals surface area contributed by atoms with Gasteiger partial charge in [0.1, 0.15) is 0 Å². The second-order valence-corrected chi connectivity index (χ2v) is 9.75. The van der Waals surface area contributed by atoms with Gasteiger partial charge < -0.3 is 10.1 Å². The van der Waals surface area contributed by atoms with Gasteiger partial charge in [-0.05, 0) is 36.8 Å². The van der Waals surface area contributed by atoms with Crippen LogP contribution in [0, 0.1) is 18.8 Å². The molecule has 1 amide bonds. The van der Waals surface area contributed by atoms with E-state index in [0.29, 0.717) is 24.4 Å². The van der Waals surface area contributed by atoms with Crippen molar-refractivity contribution in [3.8, 4) is 0 Å². The summed E-state index contributed by atoms with van der Waals surface area (Å²) in [4.78, 5) is 15.8. The van der Waals surface area contributed by atoms with Gasteiger partial charge in [0, 0.05) is 54.0 Å². The van der Waals surface area contributed by atoms with E-state index >= 15 is 0 Å². The molecule has 3 saturated heterocycles. The van der Waals surface area contributed by atoms with Gasteiger partial charge in [-0.1, -0.05) is 25.1 Å². The highest BCUT2D eigenvalue weighted by Crippen LogP contribution is 2.55. The molecule has 3 aliphatic rings. The van der Waals surface area contributed by atoms with Crippen molar-refractivity contribution in [1.82, 2.24) is 10.2 Å². The van der Waals surface area contributed by atoms with Crippen LogP contribution in [0.2, 0.25) is 0 Å². The summed E-state index contributed by atoms with van der Waals surface area (Å²) in [5.74, 6) is 1.18. The molecule has 1 aromatic carbocycles. The van der Waals surface area contributed by atoms with Crippen molar-refractivity contribution >= 4 is 27.3 Å². The summed E-state index contributed by atoms with van der Waals surface area (Å²) in [5, 5.41) is 4.54. The fourth-order valence-corrected chi connectivity index (χ4v) is 6.75. The predicted molar refractivity (Wildman–Crippen MR) is 109 cm³/mol. The molecule has 0 unspecified atom stereocenters. The van der Waals surface area contributed by atoms with E-state index in [0.717, 1.165) is 32.6 Å². The number of carbonyl (C=O) groups excluding carboxylic acids is 1. The summed E-state index contributed by atoms with van der Waals surface area (Å²) in [5.41, 5.74) is 1.52. The number of aryl methyl sites for hydroxylation is 1. The van der Waals surface area contributed by atoms with Gasteiger partial charge in [0.15, 0.2) is 0 Å². The Bertz CT molecular complexity index is 878. The smallest absolute Gasteiger partial charge is 0.219 e. The summed E-state index contributed by atoms with van der Waals surface area (Å²) < 4.78 is 7.93. The fourth-order valence-electron chi connectivity index (χ4n) is 5.68. The van der Waals surface area contributed by atoms with Crippen molar-refractivity contribution in [2.24, 2.45) is 11.8 Å². The quantitative estimate of drug-likeness (QED) is 0.854. The average molecular weight is 385 g/mol. The van der Waals surface area contributed by atoms with Gasteiger partial charge in [0.25, 0.3) is 0 Å². The number of nitrogens with zero attached hydrogens (tertiary/aromatic N) is 1. The van der Waals surface area contributed by atoms with Gasteiger partial charge in [0.05, 0.1) is 11.7 Å². The molecule has 0 aliphatic carbocycles. The number of amides is 1. The van der Waals surface area contributed by atoms with Gasteiger partial charge in [-0.3, -0.25) is 9.69 Å². The molecular formula is C22H28N2O2S. The molecule has 5 heteroatoms. The molecule has 27 heavy (non-hydrogen) atoms. The van der Waals surface area contributed by atoms with Gasteiger partial charge in [0.2, 0.25) is 5.91 Å². The molecule has 0 saturated carbocycles. The largest absolute Gasteiger partial charge is 0.370 e. The number of benzene rings is 1. The second kappa shape index (κ2) is 6.57. The number of fused-ring (bicyclic) bond motifs is 2. The molecule has 4 heterocycles. The van der Waals surface area contributed by atoms with Crippen molar-refractivity contribution < 1.29 is 9.53 Å². The third-order valence-corrected chi connectivity index (χ3v) is 8.12. The average Bonchev–Trinajstić information content (AvgIpc) is 3.39. The maximum atomic E-state index is 11.7. The second-order valence-electron chi connectivity index (χ2n) is 8.49. The van der Waals surface area contributed by atoms with Gasteiger partial charge in [-0.15, -0.1) is 11.3 Å². The standard InChI is InChI=1S/C22H28N2O2S/c1-3-21(25)23-10-16-18-12-24(13-22(18)9-8-19(16)26-22)11-17-14(2)27-20-7-5-4-6-15(17)20/h4-7,16,18-19H,3,8-13H2,1-2H3,(H,23,25)/t16-,18+,19+,22+/m0/s1. The van der Waals surface area contributed by atoms with Gasteiger partial charge in [-0.25, -0.2) is 0 Å². The van der Waals surface area contributed by atoms with Crippen LogP contribution >= 0.6 is 11.3 Å². The minimum absolute atomic E-state index is 0.0337. The van der Waals surface area contributed by atoms with E-state index in [1.165, 1.54) is 26.9 Å². The number of thiophene rings is 1. The Labute approximate surface area is 164 Å².